The van der Waals surface area contributed by atoms with Gasteiger partial charge in [-0.2, -0.15) is 0 Å². The molecular formula is C16H15BrFNS2. The Kier molecular flexibility index (Phi) is 4.74. The van der Waals surface area contributed by atoms with Crippen LogP contribution in [0.3, 0.4) is 0 Å². The molecule has 5 heteroatoms. The van der Waals surface area contributed by atoms with E-state index in [1.165, 1.54) is 15.8 Å². The Labute approximate surface area is 139 Å². The molecule has 0 amide bonds. The maximum Gasteiger partial charge on any atom is 0.124 e. The van der Waals surface area contributed by atoms with Crippen molar-refractivity contribution >= 4 is 48.7 Å². The average molecular weight is 384 g/mol. The molecule has 0 bridgehead atoms. The molecule has 2 aromatic heterocycles. The first kappa shape index (κ1) is 15.2. The fraction of sp³-hybridized carbons (Fsp3) is 0.250. The number of fused-ring (bicyclic) bond motifs is 1. The van der Waals surface area contributed by atoms with Crippen LogP contribution in [0, 0.1) is 5.82 Å². The third-order valence-electron chi connectivity index (χ3n) is 3.29. The first-order valence-electron chi connectivity index (χ1n) is 6.84. The van der Waals surface area contributed by atoms with Gasteiger partial charge in [0.05, 0.1) is 6.04 Å². The Morgan fingerprint density at radius 2 is 2.14 bits per heavy atom. The fourth-order valence-corrected chi connectivity index (χ4v) is 5.23. The topological polar surface area (TPSA) is 12.0 Å². The van der Waals surface area contributed by atoms with Crippen LogP contribution in [0.15, 0.2) is 40.2 Å². The van der Waals surface area contributed by atoms with E-state index >= 15 is 0 Å². The quantitative estimate of drug-likeness (QED) is 0.573. The summed E-state index contributed by atoms with van der Waals surface area (Å²) in [6.07, 6.45) is 1.08. The zero-order valence-electron chi connectivity index (χ0n) is 11.5. The zero-order valence-corrected chi connectivity index (χ0v) is 14.7. The molecule has 0 saturated carbocycles. The number of hydrogen-bond donors (Lipinski definition) is 1. The molecular weight excluding hydrogens is 369 g/mol. The summed E-state index contributed by atoms with van der Waals surface area (Å²) in [7, 11) is 0. The van der Waals surface area contributed by atoms with Crippen LogP contribution in [0.4, 0.5) is 4.39 Å². The van der Waals surface area contributed by atoms with E-state index in [9.17, 15) is 4.39 Å². The molecule has 110 valence electrons. The predicted octanol–water partition coefficient (Wildman–Crippen LogP) is 5.95. The minimum atomic E-state index is -0.175. The van der Waals surface area contributed by atoms with E-state index in [0.29, 0.717) is 0 Å². The van der Waals surface area contributed by atoms with Gasteiger partial charge in [-0.05, 0) is 63.9 Å². The summed E-state index contributed by atoms with van der Waals surface area (Å²) in [5.74, 6) is -0.175. The van der Waals surface area contributed by atoms with E-state index in [1.54, 1.807) is 28.7 Å². The second-order valence-electron chi connectivity index (χ2n) is 4.85. The van der Waals surface area contributed by atoms with Crippen molar-refractivity contribution in [2.75, 3.05) is 6.54 Å². The van der Waals surface area contributed by atoms with Crippen LogP contribution < -0.4 is 5.32 Å². The number of thiophene rings is 2. The second kappa shape index (κ2) is 6.57. The van der Waals surface area contributed by atoms with Crippen molar-refractivity contribution in [3.63, 3.8) is 0 Å². The maximum absolute atomic E-state index is 13.4. The van der Waals surface area contributed by atoms with Gasteiger partial charge in [-0.3, -0.25) is 0 Å². The average Bonchev–Trinajstić information content (AvgIpc) is 3.06. The SMILES string of the molecule is CCCNC(c1cc2ccc(F)cc2s1)c1sccc1Br. The summed E-state index contributed by atoms with van der Waals surface area (Å²) in [5, 5.41) is 6.80. The van der Waals surface area contributed by atoms with Crippen molar-refractivity contribution in [2.45, 2.75) is 19.4 Å². The predicted molar refractivity (Wildman–Crippen MR) is 93.9 cm³/mol. The highest BCUT2D eigenvalue weighted by molar-refractivity contribution is 9.10. The molecule has 1 atom stereocenters. The number of benzene rings is 1. The van der Waals surface area contributed by atoms with Crippen molar-refractivity contribution in [1.82, 2.24) is 5.32 Å². The molecule has 2 heterocycles. The van der Waals surface area contributed by atoms with Gasteiger partial charge in [-0.15, -0.1) is 22.7 Å². The Bertz CT molecular complexity index is 750. The Balaban J connectivity index is 2.03. The lowest BCUT2D eigenvalue weighted by Crippen LogP contribution is -2.21. The van der Waals surface area contributed by atoms with Gasteiger partial charge in [0.25, 0.3) is 0 Å². The first-order valence-corrected chi connectivity index (χ1v) is 9.33. The van der Waals surface area contributed by atoms with Gasteiger partial charge in [0.2, 0.25) is 0 Å². The van der Waals surface area contributed by atoms with E-state index in [0.717, 1.165) is 27.5 Å². The van der Waals surface area contributed by atoms with Gasteiger partial charge in [-0.25, -0.2) is 4.39 Å². The number of nitrogens with one attached hydrogen (secondary N) is 1. The van der Waals surface area contributed by atoms with Crippen molar-refractivity contribution in [2.24, 2.45) is 0 Å². The Hall–Kier alpha value is -0.750. The van der Waals surface area contributed by atoms with Gasteiger partial charge in [-0.1, -0.05) is 13.0 Å². The normalized spacial score (nSPS) is 12.9. The van der Waals surface area contributed by atoms with Gasteiger partial charge < -0.3 is 5.32 Å². The van der Waals surface area contributed by atoms with Crippen molar-refractivity contribution in [1.29, 1.82) is 0 Å². The summed E-state index contributed by atoms with van der Waals surface area (Å²) in [6.45, 7) is 3.12. The van der Waals surface area contributed by atoms with Crippen molar-refractivity contribution in [3.8, 4) is 0 Å². The minimum Gasteiger partial charge on any atom is -0.305 e. The lowest BCUT2D eigenvalue weighted by molar-refractivity contribution is 0.612. The molecule has 0 spiro atoms. The summed E-state index contributed by atoms with van der Waals surface area (Å²) in [4.78, 5) is 2.50. The standard InChI is InChI=1S/C16H15BrFNS2/c1-2-6-19-15(16-12(17)5-7-20-16)14-8-10-3-4-11(18)9-13(10)21-14/h3-5,7-9,15,19H,2,6H2,1H3. The molecule has 3 rings (SSSR count). The smallest absolute Gasteiger partial charge is 0.124 e. The van der Waals surface area contributed by atoms with Gasteiger partial charge >= 0.3 is 0 Å². The van der Waals surface area contributed by atoms with E-state index in [2.05, 4.69) is 45.7 Å². The van der Waals surface area contributed by atoms with Crippen LogP contribution >= 0.6 is 38.6 Å². The molecule has 0 aliphatic heterocycles. The lowest BCUT2D eigenvalue weighted by atomic mass is 10.1. The number of hydrogen-bond acceptors (Lipinski definition) is 3. The zero-order chi connectivity index (χ0) is 14.8. The van der Waals surface area contributed by atoms with Gasteiger partial charge in [0.15, 0.2) is 0 Å². The molecule has 1 unspecified atom stereocenters. The minimum absolute atomic E-state index is 0.166. The molecule has 0 aliphatic rings. The van der Waals surface area contributed by atoms with E-state index in [1.807, 2.05) is 6.07 Å². The monoisotopic (exact) mass is 383 g/mol. The third kappa shape index (κ3) is 3.21. The van der Waals surface area contributed by atoms with Crippen molar-refractivity contribution in [3.05, 3.63) is 55.8 Å². The molecule has 1 nitrogen and oxygen atoms in total. The maximum atomic E-state index is 13.4. The van der Waals surface area contributed by atoms with Crippen LogP contribution in [-0.2, 0) is 0 Å². The third-order valence-corrected chi connectivity index (χ3v) is 6.39. The molecule has 0 aliphatic carbocycles. The lowest BCUT2D eigenvalue weighted by Gasteiger charge is -2.16. The van der Waals surface area contributed by atoms with Crippen LogP contribution in [0.2, 0.25) is 0 Å². The van der Waals surface area contributed by atoms with Crippen LogP contribution in [0.25, 0.3) is 10.1 Å². The van der Waals surface area contributed by atoms with Gasteiger partial charge in [0.1, 0.15) is 5.82 Å². The molecule has 1 aromatic carbocycles. The summed E-state index contributed by atoms with van der Waals surface area (Å²) >= 11 is 7.03. The second-order valence-corrected chi connectivity index (χ2v) is 7.77. The largest absolute Gasteiger partial charge is 0.305 e. The highest BCUT2D eigenvalue weighted by Gasteiger charge is 2.20. The first-order chi connectivity index (χ1) is 10.2. The summed E-state index contributed by atoms with van der Waals surface area (Å²) in [6, 6.07) is 9.40. The van der Waals surface area contributed by atoms with E-state index in [4.69, 9.17) is 0 Å². The number of halogens is 2. The molecule has 0 radical (unpaired) electrons. The molecule has 0 saturated heterocycles. The molecule has 1 N–H and O–H groups in total. The Morgan fingerprint density at radius 1 is 1.29 bits per heavy atom. The summed E-state index contributed by atoms with van der Waals surface area (Å²) < 4.78 is 15.5. The van der Waals surface area contributed by atoms with E-state index < -0.39 is 0 Å². The molecule has 3 aromatic rings. The molecule has 21 heavy (non-hydrogen) atoms. The highest BCUT2D eigenvalue weighted by atomic mass is 79.9. The van der Waals surface area contributed by atoms with Crippen LogP contribution in [0.1, 0.15) is 29.1 Å². The van der Waals surface area contributed by atoms with Crippen LogP contribution in [0.5, 0.6) is 0 Å². The summed E-state index contributed by atoms with van der Waals surface area (Å²) in [5.41, 5.74) is 0. The molecule has 0 fully saturated rings. The fourth-order valence-electron chi connectivity index (χ4n) is 2.29. The van der Waals surface area contributed by atoms with E-state index in [-0.39, 0.29) is 11.9 Å². The van der Waals surface area contributed by atoms with Crippen molar-refractivity contribution < 1.29 is 4.39 Å². The van der Waals surface area contributed by atoms with Gasteiger partial charge in [0, 0.05) is 18.9 Å². The van der Waals surface area contributed by atoms with Crippen LogP contribution in [-0.4, -0.2) is 6.54 Å². The Morgan fingerprint density at radius 3 is 2.86 bits per heavy atom. The highest BCUT2D eigenvalue weighted by Crippen LogP contribution is 2.38. The number of rotatable bonds is 5.